The molecule has 1 fully saturated rings. The molecule has 0 radical (unpaired) electrons. The van der Waals surface area contributed by atoms with Gasteiger partial charge in [0, 0.05) is 12.6 Å². The van der Waals surface area contributed by atoms with Crippen molar-refractivity contribution in [2.75, 3.05) is 6.54 Å². The monoisotopic (exact) mass is 227 g/mol. The molecular weight excluding hydrogens is 198 g/mol. The van der Waals surface area contributed by atoms with E-state index >= 15 is 0 Å². The van der Waals surface area contributed by atoms with E-state index in [0.717, 1.165) is 18.4 Å². The van der Waals surface area contributed by atoms with Crippen molar-refractivity contribution < 1.29 is 5.11 Å². The van der Waals surface area contributed by atoms with Gasteiger partial charge in [0.15, 0.2) is 0 Å². The van der Waals surface area contributed by atoms with E-state index in [1.54, 1.807) is 0 Å². The van der Waals surface area contributed by atoms with Crippen LogP contribution < -0.4 is 5.32 Å². The summed E-state index contributed by atoms with van der Waals surface area (Å²) in [6, 6.07) is 0.608. The van der Waals surface area contributed by atoms with E-state index in [1.165, 1.54) is 19.3 Å². The van der Waals surface area contributed by atoms with E-state index in [4.69, 9.17) is 0 Å². The van der Waals surface area contributed by atoms with E-state index in [2.05, 4.69) is 33.0 Å². The molecule has 1 rings (SSSR count). The lowest BCUT2D eigenvalue weighted by Gasteiger charge is -2.35. The molecule has 0 aromatic heterocycles. The van der Waals surface area contributed by atoms with Crippen LogP contribution in [0, 0.1) is 17.8 Å². The minimum Gasteiger partial charge on any atom is -0.389 e. The van der Waals surface area contributed by atoms with Gasteiger partial charge in [-0.05, 0) is 43.9 Å². The SMILES string of the molecule is CC1CCC(NCC(C)(O)C(C)C)CC1C. The Morgan fingerprint density at radius 1 is 1.25 bits per heavy atom. The van der Waals surface area contributed by atoms with E-state index < -0.39 is 5.60 Å². The normalized spacial score (nSPS) is 35.1. The van der Waals surface area contributed by atoms with Crippen LogP contribution in [0.1, 0.15) is 53.9 Å². The van der Waals surface area contributed by atoms with Gasteiger partial charge in [0.1, 0.15) is 0 Å². The second kappa shape index (κ2) is 5.50. The van der Waals surface area contributed by atoms with Crippen molar-refractivity contribution >= 4 is 0 Å². The highest BCUT2D eigenvalue weighted by Crippen LogP contribution is 2.29. The van der Waals surface area contributed by atoms with E-state index in [9.17, 15) is 5.11 Å². The van der Waals surface area contributed by atoms with Crippen LogP contribution in [0.5, 0.6) is 0 Å². The summed E-state index contributed by atoms with van der Waals surface area (Å²) in [4.78, 5) is 0. The lowest BCUT2D eigenvalue weighted by Crippen LogP contribution is -2.47. The van der Waals surface area contributed by atoms with Crippen molar-refractivity contribution in [2.24, 2.45) is 17.8 Å². The maximum absolute atomic E-state index is 10.2. The van der Waals surface area contributed by atoms with Crippen LogP contribution in [0.3, 0.4) is 0 Å². The molecule has 2 heteroatoms. The first-order chi connectivity index (χ1) is 7.33. The minimum atomic E-state index is -0.577. The van der Waals surface area contributed by atoms with Gasteiger partial charge in [-0.3, -0.25) is 0 Å². The maximum atomic E-state index is 10.2. The van der Waals surface area contributed by atoms with Crippen molar-refractivity contribution in [3.05, 3.63) is 0 Å². The Morgan fingerprint density at radius 2 is 1.88 bits per heavy atom. The average molecular weight is 227 g/mol. The summed E-state index contributed by atoms with van der Waals surface area (Å²) in [6.45, 7) is 11.5. The Hall–Kier alpha value is -0.0800. The Kier molecular flexibility index (Phi) is 4.81. The van der Waals surface area contributed by atoms with Gasteiger partial charge in [0.25, 0.3) is 0 Å². The summed E-state index contributed by atoms with van der Waals surface area (Å²) in [5.74, 6) is 1.99. The molecule has 0 aromatic rings. The number of hydrogen-bond donors (Lipinski definition) is 2. The second-order valence-electron chi connectivity index (χ2n) is 6.36. The molecule has 0 aromatic carbocycles. The molecule has 2 nitrogen and oxygen atoms in total. The van der Waals surface area contributed by atoms with Gasteiger partial charge in [-0.2, -0.15) is 0 Å². The summed E-state index contributed by atoms with van der Waals surface area (Å²) in [6.07, 6.45) is 3.84. The molecule has 0 aliphatic heterocycles. The summed E-state index contributed by atoms with van der Waals surface area (Å²) in [5.41, 5.74) is -0.577. The average Bonchev–Trinajstić information content (AvgIpc) is 2.20. The molecule has 1 saturated carbocycles. The quantitative estimate of drug-likeness (QED) is 0.774. The topological polar surface area (TPSA) is 32.3 Å². The molecule has 0 spiro atoms. The smallest absolute Gasteiger partial charge is 0.0766 e. The predicted molar refractivity (Wildman–Crippen MR) is 69.4 cm³/mol. The maximum Gasteiger partial charge on any atom is 0.0766 e. The zero-order valence-corrected chi connectivity index (χ0v) is 11.6. The van der Waals surface area contributed by atoms with Crippen LogP contribution in [0.2, 0.25) is 0 Å². The molecule has 0 saturated heterocycles. The lowest BCUT2D eigenvalue weighted by molar-refractivity contribution is 0.00935. The van der Waals surface area contributed by atoms with Crippen LogP contribution in [-0.2, 0) is 0 Å². The van der Waals surface area contributed by atoms with E-state index in [-0.39, 0.29) is 0 Å². The number of hydrogen-bond acceptors (Lipinski definition) is 2. The summed E-state index contributed by atoms with van der Waals surface area (Å²) in [5, 5.41) is 13.7. The van der Waals surface area contributed by atoms with Crippen molar-refractivity contribution in [2.45, 2.75) is 65.5 Å². The fourth-order valence-corrected chi connectivity index (χ4v) is 2.29. The summed E-state index contributed by atoms with van der Waals surface area (Å²) >= 11 is 0. The molecule has 4 atom stereocenters. The van der Waals surface area contributed by atoms with Gasteiger partial charge in [-0.25, -0.2) is 0 Å². The van der Waals surface area contributed by atoms with E-state index in [0.29, 0.717) is 12.0 Å². The fourth-order valence-electron chi connectivity index (χ4n) is 2.29. The van der Waals surface area contributed by atoms with Gasteiger partial charge in [0.2, 0.25) is 0 Å². The van der Waals surface area contributed by atoms with Crippen LogP contribution in [0.4, 0.5) is 0 Å². The molecule has 0 heterocycles. The third-order valence-corrected chi connectivity index (χ3v) is 4.59. The molecule has 1 aliphatic rings. The molecule has 4 unspecified atom stereocenters. The first-order valence-electron chi connectivity index (χ1n) is 6.78. The van der Waals surface area contributed by atoms with Crippen LogP contribution in [0.15, 0.2) is 0 Å². The first-order valence-corrected chi connectivity index (χ1v) is 6.78. The van der Waals surface area contributed by atoms with Crippen molar-refractivity contribution in [1.29, 1.82) is 0 Å². The Balaban J connectivity index is 2.34. The summed E-state index contributed by atoms with van der Waals surface area (Å²) < 4.78 is 0. The Labute approximate surface area is 101 Å². The molecular formula is C14H29NO. The highest BCUT2D eigenvalue weighted by molar-refractivity contribution is 4.84. The van der Waals surface area contributed by atoms with E-state index in [1.807, 2.05) is 6.92 Å². The fraction of sp³-hybridized carbons (Fsp3) is 1.00. The molecule has 0 amide bonds. The van der Waals surface area contributed by atoms with Crippen LogP contribution >= 0.6 is 0 Å². The minimum absolute atomic E-state index is 0.305. The Morgan fingerprint density at radius 3 is 2.38 bits per heavy atom. The number of rotatable bonds is 4. The van der Waals surface area contributed by atoms with Crippen molar-refractivity contribution in [1.82, 2.24) is 5.32 Å². The molecule has 96 valence electrons. The standard InChI is InChI=1S/C14H29NO/c1-10(2)14(5,16)9-15-13-7-6-11(3)12(4)8-13/h10-13,15-16H,6-9H2,1-5H3. The predicted octanol–water partition coefficient (Wildman–Crippen LogP) is 2.81. The third-order valence-electron chi connectivity index (χ3n) is 4.59. The Bertz CT molecular complexity index is 213. The van der Waals surface area contributed by atoms with Gasteiger partial charge in [-0.1, -0.05) is 27.7 Å². The zero-order valence-electron chi connectivity index (χ0n) is 11.6. The molecule has 16 heavy (non-hydrogen) atoms. The van der Waals surface area contributed by atoms with Gasteiger partial charge >= 0.3 is 0 Å². The number of nitrogens with one attached hydrogen (secondary N) is 1. The van der Waals surface area contributed by atoms with Crippen molar-refractivity contribution in [3.63, 3.8) is 0 Å². The van der Waals surface area contributed by atoms with Crippen LogP contribution in [-0.4, -0.2) is 23.3 Å². The highest BCUT2D eigenvalue weighted by Gasteiger charge is 2.28. The molecule has 2 N–H and O–H groups in total. The molecule has 1 aliphatic carbocycles. The summed E-state index contributed by atoms with van der Waals surface area (Å²) in [7, 11) is 0. The lowest BCUT2D eigenvalue weighted by atomic mass is 9.79. The zero-order chi connectivity index (χ0) is 12.3. The highest BCUT2D eigenvalue weighted by atomic mass is 16.3. The van der Waals surface area contributed by atoms with Gasteiger partial charge in [0.05, 0.1) is 5.60 Å². The number of aliphatic hydroxyl groups is 1. The second-order valence-corrected chi connectivity index (χ2v) is 6.36. The largest absolute Gasteiger partial charge is 0.389 e. The van der Waals surface area contributed by atoms with Gasteiger partial charge < -0.3 is 10.4 Å². The van der Waals surface area contributed by atoms with Gasteiger partial charge in [-0.15, -0.1) is 0 Å². The van der Waals surface area contributed by atoms with Crippen molar-refractivity contribution in [3.8, 4) is 0 Å². The first kappa shape index (κ1) is 14.0. The van der Waals surface area contributed by atoms with Crippen LogP contribution in [0.25, 0.3) is 0 Å². The third kappa shape index (κ3) is 3.74. The molecule has 0 bridgehead atoms.